The molecular weight excluding hydrogens is 444 g/mol. The first-order chi connectivity index (χ1) is 12.6. The summed E-state index contributed by atoms with van der Waals surface area (Å²) in [7, 11) is 0. The molecule has 1 heterocycles. The molecule has 2 aromatic rings. The van der Waals surface area contributed by atoms with E-state index in [9.17, 15) is 18.0 Å². The molecule has 1 N–H and O–H groups in total. The minimum absolute atomic E-state index is 0.0142. The summed E-state index contributed by atoms with van der Waals surface area (Å²) in [6.07, 6.45) is -3.06. The van der Waals surface area contributed by atoms with E-state index in [1.165, 1.54) is 12.1 Å². The van der Waals surface area contributed by atoms with Gasteiger partial charge in [0.1, 0.15) is 0 Å². The number of rotatable bonds is 2. The third-order valence-corrected chi connectivity index (χ3v) is 5.19. The molecule has 0 bridgehead atoms. The van der Waals surface area contributed by atoms with Crippen LogP contribution < -0.4 is 5.32 Å². The highest BCUT2D eigenvalue weighted by Crippen LogP contribution is 2.37. The van der Waals surface area contributed by atoms with Crippen LogP contribution >= 0.6 is 46.6 Å². The number of aliphatic imine (C=N–C) groups is 1. The molecule has 1 fully saturated rings. The van der Waals surface area contributed by atoms with Crippen molar-refractivity contribution < 1.29 is 18.0 Å². The maximum atomic E-state index is 12.9. The van der Waals surface area contributed by atoms with E-state index < -0.39 is 22.7 Å². The van der Waals surface area contributed by atoms with Gasteiger partial charge >= 0.3 is 6.18 Å². The maximum Gasteiger partial charge on any atom is 0.417 e. The topological polar surface area (TPSA) is 41.5 Å². The molecule has 0 aromatic heterocycles. The van der Waals surface area contributed by atoms with Crippen molar-refractivity contribution in [2.45, 2.75) is 6.18 Å². The Labute approximate surface area is 171 Å². The highest BCUT2D eigenvalue weighted by atomic mass is 35.5. The Morgan fingerprint density at radius 1 is 1.04 bits per heavy atom. The lowest BCUT2D eigenvalue weighted by atomic mass is 10.2. The van der Waals surface area contributed by atoms with Gasteiger partial charge in [-0.3, -0.25) is 4.79 Å². The van der Waals surface area contributed by atoms with Crippen LogP contribution in [0.1, 0.15) is 11.1 Å². The summed E-state index contributed by atoms with van der Waals surface area (Å²) >= 11 is 18.5. The molecule has 1 aliphatic heterocycles. The Hall–Kier alpha value is -1.67. The summed E-state index contributed by atoms with van der Waals surface area (Å²) in [6.45, 7) is 0. The molecule has 0 atom stereocenters. The molecule has 0 spiro atoms. The molecule has 10 heteroatoms. The van der Waals surface area contributed by atoms with Crippen molar-refractivity contribution in [2.75, 3.05) is 0 Å². The zero-order valence-corrected chi connectivity index (χ0v) is 16.2. The van der Waals surface area contributed by atoms with E-state index in [-0.39, 0.29) is 10.9 Å². The number of hydrogen-bond acceptors (Lipinski definition) is 3. The average Bonchev–Trinajstić information content (AvgIpc) is 2.90. The summed E-state index contributed by atoms with van der Waals surface area (Å²) in [6, 6.07) is 8.06. The number of thioether (sulfide) groups is 1. The molecule has 3 nitrogen and oxygen atoms in total. The standard InChI is InChI=1S/C17H8Cl3F3N2OS/c18-9-2-1-8(13(20)6-9)5-14-15(26)25-16(27-14)24-10-3-4-12(19)11(7-10)17(21,22)23/h1-7H,(H,24,25,26). The van der Waals surface area contributed by atoms with Crippen molar-refractivity contribution in [3.8, 4) is 0 Å². The van der Waals surface area contributed by atoms with Gasteiger partial charge in [0.15, 0.2) is 5.17 Å². The summed E-state index contributed by atoms with van der Waals surface area (Å²) < 4.78 is 38.8. The van der Waals surface area contributed by atoms with Crippen molar-refractivity contribution in [3.63, 3.8) is 0 Å². The van der Waals surface area contributed by atoms with Gasteiger partial charge in [-0.25, -0.2) is 4.99 Å². The van der Waals surface area contributed by atoms with Crippen LogP contribution in [-0.4, -0.2) is 11.1 Å². The van der Waals surface area contributed by atoms with Gasteiger partial charge in [0.25, 0.3) is 5.91 Å². The number of carbonyl (C=O) groups is 1. The van der Waals surface area contributed by atoms with E-state index >= 15 is 0 Å². The Morgan fingerprint density at radius 2 is 1.78 bits per heavy atom. The summed E-state index contributed by atoms with van der Waals surface area (Å²) in [5.74, 6) is -0.435. The molecule has 1 amide bonds. The first-order valence-electron chi connectivity index (χ1n) is 7.25. The van der Waals surface area contributed by atoms with E-state index in [4.69, 9.17) is 34.8 Å². The molecular formula is C17H8Cl3F3N2OS. The van der Waals surface area contributed by atoms with Crippen LogP contribution in [0.5, 0.6) is 0 Å². The molecule has 1 aliphatic rings. The minimum Gasteiger partial charge on any atom is -0.300 e. The SMILES string of the molecule is O=C1NC(=Nc2ccc(Cl)c(C(F)(F)F)c2)SC1=Cc1ccc(Cl)cc1Cl. The number of nitrogens with one attached hydrogen (secondary N) is 1. The number of alkyl halides is 3. The van der Waals surface area contributed by atoms with E-state index in [2.05, 4.69) is 10.3 Å². The minimum atomic E-state index is -4.60. The van der Waals surface area contributed by atoms with Gasteiger partial charge in [-0.1, -0.05) is 40.9 Å². The lowest BCUT2D eigenvalue weighted by Crippen LogP contribution is -2.19. The largest absolute Gasteiger partial charge is 0.417 e. The molecule has 3 rings (SSSR count). The van der Waals surface area contributed by atoms with Gasteiger partial charge in [0.05, 0.1) is 21.2 Å². The van der Waals surface area contributed by atoms with E-state index in [1.54, 1.807) is 18.2 Å². The predicted molar refractivity (Wildman–Crippen MR) is 104 cm³/mol. The number of halogens is 6. The second-order valence-corrected chi connectivity index (χ2v) is 7.59. The predicted octanol–water partition coefficient (Wildman–Crippen LogP) is 6.56. The molecule has 2 aromatic carbocycles. The van der Waals surface area contributed by atoms with Crippen molar-refractivity contribution >= 4 is 69.4 Å². The van der Waals surface area contributed by atoms with Gasteiger partial charge in [0, 0.05) is 10.0 Å². The lowest BCUT2D eigenvalue weighted by molar-refractivity contribution is -0.137. The number of amides is 1. The van der Waals surface area contributed by atoms with Crippen LogP contribution in [0.3, 0.4) is 0 Å². The third kappa shape index (κ3) is 4.79. The molecule has 0 saturated carbocycles. The number of hydrogen-bond donors (Lipinski definition) is 1. The second-order valence-electron chi connectivity index (χ2n) is 5.31. The molecule has 1 saturated heterocycles. The molecule has 140 valence electrons. The van der Waals surface area contributed by atoms with Crippen LogP contribution in [0.15, 0.2) is 46.3 Å². The normalized spacial score (nSPS) is 17.6. The molecule has 0 unspecified atom stereocenters. The van der Waals surface area contributed by atoms with Crippen molar-refractivity contribution in [3.05, 3.63) is 67.5 Å². The van der Waals surface area contributed by atoms with Crippen LogP contribution in [0.2, 0.25) is 15.1 Å². The first-order valence-corrected chi connectivity index (χ1v) is 9.20. The quantitative estimate of drug-likeness (QED) is 0.526. The summed E-state index contributed by atoms with van der Waals surface area (Å²) in [5, 5.41) is 3.04. The monoisotopic (exact) mass is 450 g/mol. The van der Waals surface area contributed by atoms with E-state index in [0.717, 1.165) is 23.9 Å². The van der Waals surface area contributed by atoms with Crippen molar-refractivity contribution in [1.29, 1.82) is 0 Å². The Bertz CT molecular complexity index is 990. The number of amidine groups is 1. The Kier molecular flexibility index (Phi) is 5.76. The van der Waals surface area contributed by atoms with Gasteiger partial charge < -0.3 is 5.32 Å². The van der Waals surface area contributed by atoms with Crippen LogP contribution in [0.4, 0.5) is 18.9 Å². The van der Waals surface area contributed by atoms with E-state index in [0.29, 0.717) is 20.5 Å². The lowest BCUT2D eigenvalue weighted by Gasteiger charge is -2.09. The maximum absolute atomic E-state index is 12.9. The fraction of sp³-hybridized carbons (Fsp3) is 0.0588. The van der Waals surface area contributed by atoms with E-state index in [1.807, 2.05) is 0 Å². The fourth-order valence-corrected chi connectivity index (χ4v) is 3.68. The number of nitrogens with zero attached hydrogens (tertiary/aromatic N) is 1. The third-order valence-electron chi connectivity index (χ3n) is 3.39. The van der Waals surface area contributed by atoms with Gasteiger partial charge in [-0.15, -0.1) is 0 Å². The van der Waals surface area contributed by atoms with Gasteiger partial charge in [0.2, 0.25) is 0 Å². The smallest absolute Gasteiger partial charge is 0.300 e. The highest BCUT2D eigenvalue weighted by molar-refractivity contribution is 8.18. The Balaban J connectivity index is 1.88. The highest BCUT2D eigenvalue weighted by Gasteiger charge is 2.33. The molecule has 0 aliphatic carbocycles. The van der Waals surface area contributed by atoms with Crippen LogP contribution in [0.25, 0.3) is 6.08 Å². The number of carbonyl (C=O) groups excluding carboxylic acids is 1. The average molecular weight is 452 g/mol. The van der Waals surface area contributed by atoms with Crippen LogP contribution in [-0.2, 0) is 11.0 Å². The zero-order valence-electron chi connectivity index (χ0n) is 13.1. The second kappa shape index (κ2) is 7.75. The molecule has 27 heavy (non-hydrogen) atoms. The van der Waals surface area contributed by atoms with Crippen molar-refractivity contribution in [2.24, 2.45) is 4.99 Å². The fourth-order valence-electron chi connectivity index (χ4n) is 2.16. The summed E-state index contributed by atoms with van der Waals surface area (Å²) in [4.78, 5) is 16.4. The Morgan fingerprint density at radius 3 is 2.44 bits per heavy atom. The van der Waals surface area contributed by atoms with Crippen LogP contribution in [0, 0.1) is 0 Å². The summed E-state index contributed by atoms with van der Waals surface area (Å²) in [5.41, 5.74) is -0.407. The van der Waals surface area contributed by atoms with Gasteiger partial charge in [-0.2, -0.15) is 13.2 Å². The first kappa shape index (κ1) is 20.1. The molecule has 0 radical (unpaired) electrons. The van der Waals surface area contributed by atoms with Gasteiger partial charge in [-0.05, 0) is 53.7 Å². The zero-order chi connectivity index (χ0) is 19.8. The van der Waals surface area contributed by atoms with Crippen molar-refractivity contribution in [1.82, 2.24) is 5.32 Å². The number of benzene rings is 2.